The van der Waals surface area contributed by atoms with E-state index in [1.54, 1.807) is 12.1 Å². The SMILES string of the molecule is O=C(O)C(Cc1ccccc1)Sc1cccc([N+](=O)[O-])c1. The van der Waals surface area contributed by atoms with Crippen LogP contribution in [0.3, 0.4) is 0 Å². The maximum Gasteiger partial charge on any atom is 0.317 e. The number of nitro benzene ring substituents is 1. The van der Waals surface area contributed by atoms with Crippen molar-refractivity contribution in [2.75, 3.05) is 0 Å². The summed E-state index contributed by atoms with van der Waals surface area (Å²) in [7, 11) is 0. The molecule has 0 aliphatic rings. The van der Waals surface area contributed by atoms with E-state index in [1.165, 1.54) is 12.1 Å². The van der Waals surface area contributed by atoms with E-state index in [1.807, 2.05) is 30.3 Å². The van der Waals surface area contributed by atoms with E-state index < -0.39 is 16.1 Å². The normalized spacial score (nSPS) is 11.8. The fraction of sp³-hybridized carbons (Fsp3) is 0.133. The molecule has 1 atom stereocenters. The molecule has 2 rings (SSSR count). The highest BCUT2D eigenvalue weighted by Crippen LogP contribution is 2.28. The molecule has 0 bridgehead atoms. The third-order valence-electron chi connectivity index (χ3n) is 2.85. The number of thioether (sulfide) groups is 1. The van der Waals surface area contributed by atoms with E-state index in [-0.39, 0.29) is 5.69 Å². The first-order chi connectivity index (χ1) is 10.1. The Balaban J connectivity index is 2.15. The first kappa shape index (κ1) is 15.1. The number of rotatable bonds is 6. The Morgan fingerprint density at radius 1 is 1.19 bits per heavy atom. The van der Waals surface area contributed by atoms with Crippen molar-refractivity contribution in [2.24, 2.45) is 0 Å². The van der Waals surface area contributed by atoms with Crippen LogP contribution in [0.2, 0.25) is 0 Å². The lowest BCUT2D eigenvalue weighted by molar-refractivity contribution is -0.385. The standard InChI is InChI=1S/C15H13NO4S/c17-15(18)14(9-11-5-2-1-3-6-11)21-13-8-4-7-12(10-13)16(19)20/h1-8,10,14H,9H2,(H,17,18). The van der Waals surface area contributed by atoms with Gasteiger partial charge in [-0.2, -0.15) is 0 Å². The largest absolute Gasteiger partial charge is 0.480 e. The van der Waals surface area contributed by atoms with Crippen molar-refractivity contribution in [1.29, 1.82) is 0 Å². The van der Waals surface area contributed by atoms with E-state index in [0.29, 0.717) is 11.3 Å². The number of carboxylic acids is 1. The minimum absolute atomic E-state index is 0.0381. The van der Waals surface area contributed by atoms with Gasteiger partial charge in [0, 0.05) is 17.0 Å². The highest BCUT2D eigenvalue weighted by molar-refractivity contribution is 8.00. The number of nitrogens with zero attached hydrogens (tertiary/aromatic N) is 1. The second-order valence-corrected chi connectivity index (χ2v) is 5.67. The van der Waals surface area contributed by atoms with Crippen molar-refractivity contribution in [3.8, 4) is 0 Å². The summed E-state index contributed by atoms with van der Waals surface area (Å²) in [4.78, 5) is 22.2. The molecule has 0 amide bonds. The number of carboxylic acid groups (broad SMARTS) is 1. The van der Waals surface area contributed by atoms with E-state index in [0.717, 1.165) is 17.3 Å². The summed E-state index contributed by atoms with van der Waals surface area (Å²) in [5.74, 6) is -0.935. The predicted octanol–water partition coefficient (Wildman–Crippen LogP) is 3.38. The van der Waals surface area contributed by atoms with Crippen molar-refractivity contribution in [1.82, 2.24) is 0 Å². The smallest absolute Gasteiger partial charge is 0.317 e. The number of hydrogen-bond donors (Lipinski definition) is 1. The van der Waals surface area contributed by atoms with Crippen molar-refractivity contribution >= 4 is 23.4 Å². The molecular formula is C15H13NO4S. The van der Waals surface area contributed by atoms with Gasteiger partial charge in [-0.3, -0.25) is 14.9 Å². The molecule has 0 heterocycles. The topological polar surface area (TPSA) is 80.4 Å². The van der Waals surface area contributed by atoms with Gasteiger partial charge in [-0.15, -0.1) is 11.8 Å². The lowest BCUT2D eigenvalue weighted by atomic mass is 10.1. The van der Waals surface area contributed by atoms with Crippen LogP contribution in [0.15, 0.2) is 59.5 Å². The molecule has 0 saturated heterocycles. The van der Waals surface area contributed by atoms with Gasteiger partial charge in [-0.05, 0) is 18.1 Å². The number of nitro groups is 1. The van der Waals surface area contributed by atoms with Gasteiger partial charge in [-0.25, -0.2) is 0 Å². The summed E-state index contributed by atoms with van der Waals surface area (Å²) in [6.07, 6.45) is 0.365. The Kier molecular flexibility index (Phi) is 4.94. The van der Waals surface area contributed by atoms with Gasteiger partial charge in [0.05, 0.1) is 4.92 Å². The molecule has 6 heteroatoms. The molecule has 2 aromatic carbocycles. The summed E-state index contributed by atoms with van der Waals surface area (Å²) in [5.41, 5.74) is 0.881. The quantitative estimate of drug-likeness (QED) is 0.502. The first-order valence-corrected chi connectivity index (χ1v) is 7.12. The second kappa shape index (κ2) is 6.90. The van der Waals surface area contributed by atoms with Gasteiger partial charge in [0.2, 0.25) is 0 Å². The summed E-state index contributed by atoms with van der Waals surface area (Å²) in [5, 5.41) is 19.4. The minimum Gasteiger partial charge on any atom is -0.480 e. The van der Waals surface area contributed by atoms with Gasteiger partial charge >= 0.3 is 5.97 Å². The number of non-ortho nitro benzene ring substituents is 1. The Morgan fingerprint density at radius 2 is 1.90 bits per heavy atom. The van der Waals surface area contributed by atoms with Gasteiger partial charge in [0.25, 0.3) is 5.69 Å². The average molecular weight is 303 g/mol. The van der Waals surface area contributed by atoms with Crippen LogP contribution in [0.25, 0.3) is 0 Å². The van der Waals surface area contributed by atoms with Gasteiger partial charge in [0.1, 0.15) is 5.25 Å². The fourth-order valence-electron chi connectivity index (χ4n) is 1.84. The minimum atomic E-state index is -0.935. The maximum absolute atomic E-state index is 11.4. The van der Waals surface area contributed by atoms with Crippen LogP contribution < -0.4 is 0 Å². The third-order valence-corrected chi connectivity index (χ3v) is 4.03. The summed E-state index contributed by atoms with van der Waals surface area (Å²) in [6.45, 7) is 0. The zero-order valence-electron chi connectivity index (χ0n) is 11.0. The lowest BCUT2D eigenvalue weighted by Gasteiger charge is -2.12. The van der Waals surface area contributed by atoms with Gasteiger partial charge in [-0.1, -0.05) is 36.4 Å². The summed E-state index contributed by atoms with van der Waals surface area (Å²) >= 11 is 1.12. The van der Waals surface area contributed by atoms with Crippen LogP contribution in [0.4, 0.5) is 5.69 Å². The summed E-state index contributed by atoms with van der Waals surface area (Å²) < 4.78 is 0. The predicted molar refractivity (Wildman–Crippen MR) is 80.5 cm³/mol. The van der Waals surface area contributed by atoms with E-state index >= 15 is 0 Å². The molecule has 108 valence electrons. The molecule has 0 spiro atoms. The Labute approximate surface area is 125 Å². The average Bonchev–Trinajstić information content (AvgIpc) is 2.48. The molecule has 0 saturated carbocycles. The molecule has 0 radical (unpaired) electrons. The van der Waals surface area contributed by atoms with Gasteiger partial charge in [0.15, 0.2) is 0 Å². The molecule has 0 aliphatic carbocycles. The molecular weight excluding hydrogens is 290 g/mol. The monoisotopic (exact) mass is 303 g/mol. The number of aliphatic carboxylic acids is 1. The lowest BCUT2D eigenvalue weighted by Crippen LogP contribution is -2.19. The highest BCUT2D eigenvalue weighted by atomic mass is 32.2. The molecule has 2 aromatic rings. The molecule has 5 nitrogen and oxygen atoms in total. The molecule has 1 unspecified atom stereocenters. The Hall–Kier alpha value is -2.34. The van der Waals surface area contributed by atoms with E-state index in [9.17, 15) is 20.0 Å². The molecule has 1 N–H and O–H groups in total. The van der Waals surface area contributed by atoms with E-state index in [2.05, 4.69) is 0 Å². The molecule has 0 aromatic heterocycles. The first-order valence-electron chi connectivity index (χ1n) is 6.24. The van der Waals surface area contributed by atoms with Crippen molar-refractivity contribution in [2.45, 2.75) is 16.6 Å². The van der Waals surface area contributed by atoms with Crippen molar-refractivity contribution in [3.63, 3.8) is 0 Å². The van der Waals surface area contributed by atoms with Crippen molar-refractivity contribution in [3.05, 3.63) is 70.3 Å². The zero-order chi connectivity index (χ0) is 15.2. The fourth-order valence-corrected chi connectivity index (χ4v) is 2.89. The number of benzene rings is 2. The molecule has 0 aliphatic heterocycles. The van der Waals surface area contributed by atoms with Crippen LogP contribution >= 0.6 is 11.8 Å². The van der Waals surface area contributed by atoms with Crippen LogP contribution in [0, 0.1) is 10.1 Å². The van der Waals surface area contributed by atoms with Crippen LogP contribution in [-0.2, 0) is 11.2 Å². The molecule has 21 heavy (non-hydrogen) atoms. The highest BCUT2D eigenvalue weighted by Gasteiger charge is 2.20. The van der Waals surface area contributed by atoms with Crippen LogP contribution in [-0.4, -0.2) is 21.2 Å². The zero-order valence-corrected chi connectivity index (χ0v) is 11.8. The summed E-state index contributed by atoms with van der Waals surface area (Å²) in [6, 6.07) is 15.3. The second-order valence-electron chi connectivity index (χ2n) is 4.39. The Bertz CT molecular complexity index is 645. The maximum atomic E-state index is 11.4. The molecule has 0 fully saturated rings. The third kappa shape index (κ3) is 4.32. The van der Waals surface area contributed by atoms with E-state index in [4.69, 9.17) is 0 Å². The number of carbonyl (C=O) groups is 1. The number of hydrogen-bond acceptors (Lipinski definition) is 4. The van der Waals surface area contributed by atoms with Gasteiger partial charge < -0.3 is 5.11 Å². The van der Waals surface area contributed by atoms with Crippen LogP contribution in [0.5, 0.6) is 0 Å². The van der Waals surface area contributed by atoms with Crippen LogP contribution in [0.1, 0.15) is 5.56 Å². The Morgan fingerprint density at radius 3 is 2.52 bits per heavy atom. The van der Waals surface area contributed by atoms with Crippen molar-refractivity contribution < 1.29 is 14.8 Å².